The minimum Gasteiger partial charge on any atom is -0.387 e. The van der Waals surface area contributed by atoms with Crippen molar-refractivity contribution in [3.8, 4) is 0 Å². The second kappa shape index (κ2) is 8.00. The lowest BCUT2D eigenvalue weighted by atomic mass is 9.75. The summed E-state index contributed by atoms with van der Waals surface area (Å²) in [5.41, 5.74) is 2.60. The summed E-state index contributed by atoms with van der Waals surface area (Å²) in [6.45, 7) is 3.83. The van der Waals surface area contributed by atoms with Crippen LogP contribution in [0.5, 0.6) is 0 Å². The second-order valence-corrected chi connectivity index (χ2v) is 10.3. The number of rotatable bonds is 3. The zero-order valence-electron chi connectivity index (χ0n) is 19.7. The Morgan fingerprint density at radius 2 is 1.58 bits per heavy atom. The number of aliphatic hydroxyl groups is 1. The molecule has 2 saturated heterocycles. The fourth-order valence-corrected chi connectivity index (χ4v) is 6.06. The van der Waals surface area contributed by atoms with Gasteiger partial charge in [0.15, 0.2) is 0 Å². The number of imide groups is 1. The molecule has 3 N–H and O–H groups in total. The number of carbonyl (C=O) groups excluding carboxylic acids is 3. The standard InChI is InChI=1S/C28H24ClN3O4/c1-14-3-10-18(11-4-14)32-25(34)21-22(26(32)35)28(19-13-15(2)5-12-20(19)30-27(28)36)31-23(21)24(33)16-6-8-17(29)9-7-16/h3-13,21-24,31,33H,1-2H3,(H,30,36). The van der Waals surface area contributed by atoms with Gasteiger partial charge in [-0.05, 0) is 49.7 Å². The molecular weight excluding hydrogens is 478 g/mol. The molecule has 36 heavy (non-hydrogen) atoms. The molecule has 3 amide bonds. The van der Waals surface area contributed by atoms with Crippen LogP contribution < -0.4 is 15.5 Å². The highest BCUT2D eigenvalue weighted by Gasteiger charge is 2.71. The first kappa shape index (κ1) is 22.9. The summed E-state index contributed by atoms with van der Waals surface area (Å²) in [6.07, 6.45) is -1.16. The predicted molar refractivity (Wildman–Crippen MR) is 135 cm³/mol. The second-order valence-electron chi connectivity index (χ2n) is 9.83. The Labute approximate surface area is 213 Å². The molecule has 0 radical (unpaired) electrons. The molecule has 0 aromatic heterocycles. The average Bonchev–Trinajstić information content (AvgIpc) is 3.45. The van der Waals surface area contributed by atoms with Gasteiger partial charge in [-0.1, -0.05) is 59.1 Å². The van der Waals surface area contributed by atoms with Crippen LogP contribution in [0.25, 0.3) is 0 Å². The van der Waals surface area contributed by atoms with Crippen LogP contribution in [0.3, 0.4) is 0 Å². The van der Waals surface area contributed by atoms with E-state index in [1.54, 1.807) is 42.5 Å². The van der Waals surface area contributed by atoms with Crippen molar-refractivity contribution < 1.29 is 19.5 Å². The highest BCUT2D eigenvalue weighted by molar-refractivity contribution is 6.30. The number of anilines is 2. The molecule has 3 aliphatic heterocycles. The van der Waals surface area contributed by atoms with E-state index in [9.17, 15) is 19.5 Å². The van der Waals surface area contributed by atoms with Gasteiger partial charge in [-0.15, -0.1) is 0 Å². The van der Waals surface area contributed by atoms with Crippen molar-refractivity contribution in [1.29, 1.82) is 0 Å². The Kier molecular flexibility index (Phi) is 5.09. The van der Waals surface area contributed by atoms with Crippen LogP contribution in [-0.2, 0) is 19.9 Å². The monoisotopic (exact) mass is 501 g/mol. The molecule has 3 aliphatic rings. The third-order valence-electron chi connectivity index (χ3n) is 7.65. The molecule has 3 aromatic rings. The molecule has 7 nitrogen and oxygen atoms in total. The third kappa shape index (κ3) is 3.10. The Morgan fingerprint density at radius 1 is 0.917 bits per heavy atom. The maximum Gasteiger partial charge on any atom is 0.250 e. The molecule has 1 spiro atoms. The number of hydrogen-bond acceptors (Lipinski definition) is 5. The van der Waals surface area contributed by atoms with Crippen LogP contribution in [0.1, 0.15) is 28.4 Å². The van der Waals surface area contributed by atoms with Crippen LogP contribution in [0, 0.1) is 25.7 Å². The fraction of sp³-hybridized carbons (Fsp3) is 0.250. The summed E-state index contributed by atoms with van der Waals surface area (Å²) in [5, 5.41) is 18.2. The first-order valence-corrected chi connectivity index (χ1v) is 12.2. The summed E-state index contributed by atoms with van der Waals surface area (Å²) in [5.74, 6) is -3.29. The van der Waals surface area contributed by atoms with Gasteiger partial charge in [0.05, 0.1) is 29.7 Å². The Balaban J connectivity index is 1.52. The number of aryl methyl sites for hydroxylation is 2. The zero-order valence-corrected chi connectivity index (χ0v) is 20.4. The lowest BCUT2D eigenvalue weighted by Gasteiger charge is -2.31. The van der Waals surface area contributed by atoms with E-state index < -0.39 is 47.2 Å². The number of halogens is 1. The third-order valence-corrected chi connectivity index (χ3v) is 7.90. The summed E-state index contributed by atoms with van der Waals surface area (Å²) in [7, 11) is 0. The zero-order chi connectivity index (χ0) is 25.4. The topological polar surface area (TPSA) is 98.7 Å². The molecule has 6 rings (SSSR count). The van der Waals surface area contributed by atoms with Crippen molar-refractivity contribution in [2.75, 3.05) is 10.2 Å². The molecule has 5 atom stereocenters. The van der Waals surface area contributed by atoms with Crippen LogP contribution >= 0.6 is 11.6 Å². The maximum absolute atomic E-state index is 14.0. The van der Waals surface area contributed by atoms with Gasteiger partial charge in [-0.3, -0.25) is 19.7 Å². The van der Waals surface area contributed by atoms with Gasteiger partial charge in [0.2, 0.25) is 17.7 Å². The minimum atomic E-state index is -1.49. The lowest BCUT2D eigenvalue weighted by Crippen LogP contribution is -2.54. The van der Waals surface area contributed by atoms with Crippen molar-refractivity contribution in [3.05, 3.63) is 94.0 Å². The number of carbonyl (C=O) groups is 3. The van der Waals surface area contributed by atoms with Crippen LogP contribution in [0.15, 0.2) is 66.7 Å². The number of benzene rings is 3. The molecule has 8 heteroatoms. The van der Waals surface area contributed by atoms with E-state index in [0.29, 0.717) is 27.5 Å². The summed E-state index contributed by atoms with van der Waals surface area (Å²) in [6, 6.07) is 18.4. The van der Waals surface area contributed by atoms with Gasteiger partial charge in [0.1, 0.15) is 5.54 Å². The predicted octanol–water partition coefficient (Wildman–Crippen LogP) is 3.62. The van der Waals surface area contributed by atoms with Gasteiger partial charge in [-0.25, -0.2) is 4.90 Å². The molecule has 5 unspecified atom stereocenters. The highest BCUT2D eigenvalue weighted by atomic mass is 35.5. The van der Waals surface area contributed by atoms with Crippen molar-refractivity contribution in [2.24, 2.45) is 11.8 Å². The summed E-state index contributed by atoms with van der Waals surface area (Å²) < 4.78 is 0. The molecule has 0 saturated carbocycles. The van der Waals surface area contributed by atoms with E-state index in [4.69, 9.17) is 11.6 Å². The van der Waals surface area contributed by atoms with Gasteiger partial charge >= 0.3 is 0 Å². The smallest absolute Gasteiger partial charge is 0.250 e. The highest BCUT2D eigenvalue weighted by Crippen LogP contribution is 2.55. The fourth-order valence-electron chi connectivity index (χ4n) is 5.93. The summed E-state index contributed by atoms with van der Waals surface area (Å²) >= 11 is 6.04. The largest absolute Gasteiger partial charge is 0.387 e. The average molecular weight is 502 g/mol. The van der Waals surface area contributed by atoms with E-state index in [2.05, 4.69) is 10.6 Å². The molecule has 3 heterocycles. The molecular formula is C28H24ClN3O4. The van der Waals surface area contributed by atoms with Gasteiger partial charge in [-0.2, -0.15) is 0 Å². The number of fused-ring (bicyclic) bond motifs is 4. The van der Waals surface area contributed by atoms with Crippen molar-refractivity contribution in [2.45, 2.75) is 31.5 Å². The quantitative estimate of drug-likeness (QED) is 0.476. The number of nitrogens with one attached hydrogen (secondary N) is 2. The Morgan fingerprint density at radius 3 is 2.28 bits per heavy atom. The number of aliphatic hydroxyl groups excluding tert-OH is 1. The van der Waals surface area contributed by atoms with E-state index in [-0.39, 0.29) is 0 Å². The lowest BCUT2D eigenvalue weighted by molar-refractivity contribution is -0.130. The Hall–Kier alpha value is -3.52. The van der Waals surface area contributed by atoms with E-state index in [1.807, 2.05) is 38.1 Å². The normalized spacial score (nSPS) is 27.4. The van der Waals surface area contributed by atoms with Gasteiger partial charge < -0.3 is 10.4 Å². The SMILES string of the molecule is Cc1ccc(N2C(=O)C3C(C(O)c4ccc(Cl)cc4)NC4(C(=O)Nc5ccc(C)cc54)C3C2=O)cc1. The van der Waals surface area contributed by atoms with Crippen molar-refractivity contribution >= 4 is 40.7 Å². The number of nitrogens with zero attached hydrogens (tertiary/aromatic N) is 1. The first-order valence-electron chi connectivity index (χ1n) is 11.8. The van der Waals surface area contributed by atoms with Crippen LogP contribution in [0.2, 0.25) is 5.02 Å². The van der Waals surface area contributed by atoms with E-state index in [0.717, 1.165) is 11.1 Å². The number of hydrogen-bond donors (Lipinski definition) is 3. The van der Waals surface area contributed by atoms with Gasteiger partial charge in [0, 0.05) is 16.3 Å². The Bertz CT molecular complexity index is 1420. The van der Waals surface area contributed by atoms with E-state index >= 15 is 0 Å². The molecule has 0 bridgehead atoms. The van der Waals surface area contributed by atoms with E-state index in [1.165, 1.54) is 4.90 Å². The van der Waals surface area contributed by atoms with Crippen LogP contribution in [0.4, 0.5) is 11.4 Å². The maximum atomic E-state index is 14.0. The first-order chi connectivity index (χ1) is 17.2. The molecule has 2 fully saturated rings. The molecule has 0 aliphatic carbocycles. The van der Waals surface area contributed by atoms with Gasteiger partial charge in [0.25, 0.3) is 0 Å². The molecule has 3 aromatic carbocycles. The van der Waals surface area contributed by atoms with Crippen molar-refractivity contribution in [1.82, 2.24) is 5.32 Å². The minimum absolute atomic E-state index is 0.407. The van der Waals surface area contributed by atoms with Crippen LogP contribution in [-0.4, -0.2) is 28.9 Å². The van der Waals surface area contributed by atoms with Crippen molar-refractivity contribution in [3.63, 3.8) is 0 Å². The summed E-state index contributed by atoms with van der Waals surface area (Å²) in [4.78, 5) is 42.7. The number of amides is 3. The molecule has 182 valence electrons.